The summed E-state index contributed by atoms with van der Waals surface area (Å²) in [6, 6.07) is 2.71. The molecular formula is C15H18ClF3N2O3S. The van der Waals surface area contributed by atoms with Gasteiger partial charge in [-0.2, -0.15) is 13.2 Å². The predicted octanol–water partition coefficient (Wildman–Crippen LogP) is 3.36. The number of hydrogen-bond donors (Lipinski definition) is 1. The van der Waals surface area contributed by atoms with E-state index in [-0.39, 0.29) is 29.6 Å². The second-order valence-electron chi connectivity index (χ2n) is 5.76. The molecule has 0 saturated carbocycles. The Labute approximate surface area is 149 Å². The van der Waals surface area contributed by atoms with Crippen molar-refractivity contribution in [2.75, 3.05) is 24.2 Å². The minimum atomic E-state index is -4.54. The summed E-state index contributed by atoms with van der Waals surface area (Å²) >= 11 is 5.86. The highest BCUT2D eigenvalue weighted by Crippen LogP contribution is 2.34. The fourth-order valence-electron chi connectivity index (χ4n) is 2.61. The van der Waals surface area contributed by atoms with Gasteiger partial charge < -0.3 is 5.32 Å². The molecule has 10 heteroatoms. The van der Waals surface area contributed by atoms with Gasteiger partial charge in [0, 0.05) is 19.0 Å². The lowest BCUT2D eigenvalue weighted by atomic mass is 9.97. The van der Waals surface area contributed by atoms with Crippen molar-refractivity contribution in [3.05, 3.63) is 28.8 Å². The molecule has 2 rings (SSSR count). The van der Waals surface area contributed by atoms with Gasteiger partial charge in [0.1, 0.15) is 0 Å². The zero-order valence-corrected chi connectivity index (χ0v) is 15.0. The monoisotopic (exact) mass is 398 g/mol. The van der Waals surface area contributed by atoms with Gasteiger partial charge in [-0.25, -0.2) is 12.7 Å². The molecule has 0 aromatic heterocycles. The largest absolute Gasteiger partial charge is 0.416 e. The number of anilines is 1. The lowest BCUT2D eigenvalue weighted by Crippen LogP contribution is -2.42. The van der Waals surface area contributed by atoms with Crippen molar-refractivity contribution in [3.8, 4) is 0 Å². The van der Waals surface area contributed by atoms with Crippen LogP contribution in [-0.2, 0) is 21.0 Å². The summed E-state index contributed by atoms with van der Waals surface area (Å²) in [5.74, 6) is -0.951. The Kier molecular flexibility index (Phi) is 6.01. The Balaban J connectivity index is 2.04. The summed E-state index contributed by atoms with van der Waals surface area (Å²) in [5, 5.41) is 2.43. The van der Waals surface area contributed by atoms with Crippen LogP contribution in [0, 0.1) is 5.92 Å². The van der Waals surface area contributed by atoms with Crippen molar-refractivity contribution in [1.82, 2.24) is 4.31 Å². The Hall–Kier alpha value is -1.32. The third-order valence-electron chi connectivity index (χ3n) is 4.13. The van der Waals surface area contributed by atoms with E-state index in [2.05, 4.69) is 5.32 Å². The van der Waals surface area contributed by atoms with Crippen LogP contribution in [0.15, 0.2) is 18.2 Å². The summed E-state index contributed by atoms with van der Waals surface area (Å²) in [6.45, 7) is 1.97. The highest BCUT2D eigenvalue weighted by molar-refractivity contribution is 7.89. The maximum absolute atomic E-state index is 12.8. The van der Waals surface area contributed by atoms with Crippen LogP contribution in [0.2, 0.25) is 5.02 Å². The van der Waals surface area contributed by atoms with Crippen LogP contribution < -0.4 is 5.32 Å². The molecule has 0 radical (unpaired) electrons. The molecule has 25 heavy (non-hydrogen) atoms. The molecule has 1 heterocycles. The van der Waals surface area contributed by atoms with Gasteiger partial charge in [-0.05, 0) is 38.0 Å². The molecule has 5 nitrogen and oxygen atoms in total. The minimum absolute atomic E-state index is 0.00680. The highest BCUT2D eigenvalue weighted by Gasteiger charge is 2.33. The number of piperidine rings is 1. The lowest BCUT2D eigenvalue weighted by Gasteiger charge is -2.30. The van der Waals surface area contributed by atoms with Crippen molar-refractivity contribution in [3.63, 3.8) is 0 Å². The number of carbonyl (C=O) groups excluding carboxylic acids is 1. The standard InChI is InChI=1S/C15H18ClF3N2O3S/c1-2-25(23,24)21-7-5-10(6-8-21)14(22)20-13-9-11(15(17,18)19)3-4-12(13)16/h3-4,9-10H,2,5-8H2,1H3,(H,20,22). The van der Waals surface area contributed by atoms with Crippen LogP contribution in [0.3, 0.4) is 0 Å². The molecule has 1 aromatic rings. The maximum atomic E-state index is 12.8. The third-order valence-corrected chi connectivity index (χ3v) is 6.35. The van der Waals surface area contributed by atoms with E-state index in [1.807, 2.05) is 0 Å². The van der Waals surface area contributed by atoms with E-state index in [1.54, 1.807) is 6.92 Å². The number of halogens is 4. The van der Waals surface area contributed by atoms with Gasteiger partial charge in [0.15, 0.2) is 0 Å². The third kappa shape index (κ3) is 4.86. The average molecular weight is 399 g/mol. The summed E-state index contributed by atoms with van der Waals surface area (Å²) in [7, 11) is -3.30. The van der Waals surface area contributed by atoms with Gasteiger partial charge in [-0.15, -0.1) is 0 Å². The van der Waals surface area contributed by atoms with Crippen molar-refractivity contribution >= 4 is 33.2 Å². The number of rotatable bonds is 4. The second-order valence-corrected chi connectivity index (χ2v) is 8.42. The molecule has 1 amide bonds. The zero-order valence-electron chi connectivity index (χ0n) is 13.4. The molecule has 1 N–H and O–H groups in total. The van der Waals surface area contributed by atoms with Crippen LogP contribution >= 0.6 is 11.6 Å². The number of alkyl halides is 3. The summed E-state index contributed by atoms with van der Waals surface area (Å²) in [6.07, 6.45) is -3.92. The first kappa shape index (κ1) is 20.0. The molecule has 1 fully saturated rings. The molecule has 0 aliphatic carbocycles. The average Bonchev–Trinajstić information content (AvgIpc) is 2.56. The van der Waals surface area contributed by atoms with E-state index in [1.165, 1.54) is 4.31 Å². The predicted molar refractivity (Wildman–Crippen MR) is 88.8 cm³/mol. The fourth-order valence-corrected chi connectivity index (χ4v) is 3.91. The zero-order chi connectivity index (χ0) is 18.8. The van der Waals surface area contributed by atoms with Gasteiger partial charge in [-0.1, -0.05) is 11.6 Å². The quantitative estimate of drug-likeness (QED) is 0.845. The maximum Gasteiger partial charge on any atom is 0.416 e. The molecular weight excluding hydrogens is 381 g/mol. The van der Waals surface area contributed by atoms with Gasteiger partial charge in [-0.3, -0.25) is 4.79 Å². The van der Waals surface area contributed by atoms with Crippen LogP contribution in [0.1, 0.15) is 25.3 Å². The summed E-state index contributed by atoms with van der Waals surface area (Å²) in [5.41, 5.74) is -1.01. The molecule has 0 unspecified atom stereocenters. The molecule has 1 aromatic carbocycles. The Morgan fingerprint density at radius 2 is 1.92 bits per heavy atom. The van der Waals surface area contributed by atoms with Crippen LogP contribution in [0.4, 0.5) is 18.9 Å². The minimum Gasteiger partial charge on any atom is -0.325 e. The lowest BCUT2D eigenvalue weighted by molar-refractivity contribution is -0.137. The van der Waals surface area contributed by atoms with Gasteiger partial charge in [0.25, 0.3) is 0 Å². The Bertz CT molecular complexity index is 745. The summed E-state index contributed by atoms with van der Waals surface area (Å²) in [4.78, 5) is 12.3. The molecule has 0 spiro atoms. The summed E-state index contributed by atoms with van der Waals surface area (Å²) < 4.78 is 63.2. The Morgan fingerprint density at radius 1 is 1.32 bits per heavy atom. The highest BCUT2D eigenvalue weighted by atomic mass is 35.5. The first-order chi connectivity index (χ1) is 11.5. The number of benzene rings is 1. The first-order valence-corrected chi connectivity index (χ1v) is 9.68. The molecule has 140 valence electrons. The SMILES string of the molecule is CCS(=O)(=O)N1CCC(C(=O)Nc2cc(C(F)(F)F)ccc2Cl)CC1. The van der Waals surface area contributed by atoms with Crippen molar-refractivity contribution in [1.29, 1.82) is 0 Å². The van der Waals surface area contributed by atoms with Crippen molar-refractivity contribution in [2.24, 2.45) is 5.92 Å². The molecule has 1 saturated heterocycles. The van der Waals surface area contributed by atoms with Gasteiger partial charge in [0.2, 0.25) is 15.9 Å². The van der Waals surface area contributed by atoms with Crippen molar-refractivity contribution in [2.45, 2.75) is 25.9 Å². The van der Waals surface area contributed by atoms with E-state index < -0.39 is 33.6 Å². The van der Waals surface area contributed by atoms with E-state index in [0.29, 0.717) is 12.8 Å². The second kappa shape index (κ2) is 7.51. The number of nitrogens with zero attached hydrogens (tertiary/aromatic N) is 1. The van der Waals surface area contributed by atoms with Crippen LogP contribution in [0.25, 0.3) is 0 Å². The normalized spacial score (nSPS) is 17.5. The number of nitrogens with one attached hydrogen (secondary N) is 1. The van der Waals surface area contributed by atoms with Gasteiger partial charge >= 0.3 is 6.18 Å². The van der Waals surface area contributed by atoms with Crippen molar-refractivity contribution < 1.29 is 26.4 Å². The Morgan fingerprint density at radius 3 is 2.44 bits per heavy atom. The first-order valence-electron chi connectivity index (χ1n) is 7.70. The van der Waals surface area contributed by atoms with E-state index >= 15 is 0 Å². The molecule has 0 bridgehead atoms. The molecule has 0 atom stereocenters. The van der Waals surface area contributed by atoms with E-state index in [9.17, 15) is 26.4 Å². The smallest absolute Gasteiger partial charge is 0.325 e. The van der Waals surface area contributed by atoms with Gasteiger partial charge in [0.05, 0.1) is 22.0 Å². The number of sulfonamides is 1. The van der Waals surface area contributed by atoms with Crippen LogP contribution in [-0.4, -0.2) is 37.5 Å². The number of hydrogen-bond acceptors (Lipinski definition) is 3. The number of amides is 1. The topological polar surface area (TPSA) is 66.5 Å². The van der Waals surface area contributed by atoms with E-state index in [0.717, 1.165) is 18.2 Å². The number of carbonyl (C=O) groups is 1. The van der Waals surface area contributed by atoms with E-state index in [4.69, 9.17) is 11.6 Å². The molecule has 1 aliphatic heterocycles. The molecule has 1 aliphatic rings. The fraction of sp³-hybridized carbons (Fsp3) is 0.533. The van der Waals surface area contributed by atoms with Crippen LogP contribution in [0.5, 0.6) is 0 Å².